The van der Waals surface area contributed by atoms with Crippen LogP contribution in [0.3, 0.4) is 0 Å². The van der Waals surface area contributed by atoms with Crippen LogP contribution in [0.5, 0.6) is 11.5 Å². The molecule has 108 valence electrons. The summed E-state index contributed by atoms with van der Waals surface area (Å²) in [4.78, 5) is 0. The van der Waals surface area contributed by atoms with E-state index in [9.17, 15) is 10.2 Å². The summed E-state index contributed by atoms with van der Waals surface area (Å²) >= 11 is 0. The van der Waals surface area contributed by atoms with Crippen LogP contribution in [0.2, 0.25) is 0 Å². The van der Waals surface area contributed by atoms with Gasteiger partial charge in [0, 0.05) is 5.56 Å². The van der Waals surface area contributed by atoms with Gasteiger partial charge in [0.1, 0.15) is 11.5 Å². The van der Waals surface area contributed by atoms with Gasteiger partial charge in [-0.1, -0.05) is 30.4 Å². The third kappa shape index (κ3) is 3.52. The summed E-state index contributed by atoms with van der Waals surface area (Å²) in [5, 5.41) is 28.7. The van der Waals surface area contributed by atoms with Crippen molar-refractivity contribution in [3.8, 4) is 22.6 Å². The van der Waals surface area contributed by atoms with Crippen molar-refractivity contribution in [1.29, 1.82) is 0 Å². The van der Waals surface area contributed by atoms with E-state index in [2.05, 4.69) is 6.58 Å². The number of hydrogen-bond acceptors (Lipinski definition) is 3. The highest BCUT2D eigenvalue weighted by Crippen LogP contribution is 2.33. The Bertz CT molecular complexity index is 672. The van der Waals surface area contributed by atoms with E-state index in [4.69, 9.17) is 5.11 Å². The number of hydrogen-bond donors (Lipinski definition) is 3. The van der Waals surface area contributed by atoms with E-state index in [0.29, 0.717) is 12.0 Å². The van der Waals surface area contributed by atoms with Crippen molar-refractivity contribution in [2.45, 2.75) is 6.42 Å². The van der Waals surface area contributed by atoms with E-state index in [-0.39, 0.29) is 18.1 Å². The molecule has 0 heterocycles. The van der Waals surface area contributed by atoms with E-state index < -0.39 is 0 Å². The molecule has 0 amide bonds. The first-order valence-corrected chi connectivity index (χ1v) is 6.69. The Morgan fingerprint density at radius 2 is 1.76 bits per heavy atom. The molecule has 0 aliphatic carbocycles. The maximum absolute atomic E-state index is 10.0. The molecule has 0 atom stereocenters. The fraction of sp³-hybridized carbons (Fsp3) is 0.111. The summed E-state index contributed by atoms with van der Waals surface area (Å²) in [7, 11) is 0. The summed E-state index contributed by atoms with van der Waals surface area (Å²) in [6.45, 7) is 3.64. The van der Waals surface area contributed by atoms with Crippen LogP contribution in [0.1, 0.15) is 11.1 Å². The Labute approximate surface area is 124 Å². The van der Waals surface area contributed by atoms with Crippen LogP contribution >= 0.6 is 0 Å². The Hall–Kier alpha value is -2.52. The topological polar surface area (TPSA) is 60.7 Å². The average Bonchev–Trinajstić information content (AvgIpc) is 2.49. The Kier molecular flexibility index (Phi) is 4.80. The van der Waals surface area contributed by atoms with Crippen molar-refractivity contribution in [2.24, 2.45) is 0 Å². The zero-order chi connectivity index (χ0) is 15.2. The number of aliphatic hydroxyl groups is 1. The van der Waals surface area contributed by atoms with Crippen molar-refractivity contribution in [2.75, 3.05) is 6.61 Å². The first-order chi connectivity index (χ1) is 10.2. The number of aliphatic hydroxyl groups excluding tert-OH is 1. The summed E-state index contributed by atoms with van der Waals surface area (Å²) < 4.78 is 0. The van der Waals surface area contributed by atoms with E-state index >= 15 is 0 Å². The van der Waals surface area contributed by atoms with E-state index in [1.54, 1.807) is 42.5 Å². The Morgan fingerprint density at radius 1 is 1.00 bits per heavy atom. The maximum Gasteiger partial charge on any atom is 0.123 e. The molecule has 2 aromatic carbocycles. The van der Waals surface area contributed by atoms with Crippen molar-refractivity contribution < 1.29 is 15.3 Å². The number of rotatable bonds is 5. The van der Waals surface area contributed by atoms with Gasteiger partial charge in [-0.05, 0) is 47.4 Å². The van der Waals surface area contributed by atoms with Gasteiger partial charge in [-0.15, -0.1) is 6.58 Å². The van der Waals surface area contributed by atoms with Crippen molar-refractivity contribution in [1.82, 2.24) is 0 Å². The highest BCUT2D eigenvalue weighted by Gasteiger charge is 2.08. The monoisotopic (exact) mass is 282 g/mol. The largest absolute Gasteiger partial charge is 0.508 e. The molecule has 3 N–H and O–H groups in total. The first kappa shape index (κ1) is 14.9. The van der Waals surface area contributed by atoms with Crippen LogP contribution in [-0.2, 0) is 6.42 Å². The van der Waals surface area contributed by atoms with E-state index in [1.165, 1.54) is 0 Å². The second kappa shape index (κ2) is 6.77. The minimum absolute atomic E-state index is 0.0289. The number of phenolic OH excluding ortho intramolecular Hbond substituents is 2. The molecule has 0 aromatic heterocycles. The van der Waals surface area contributed by atoms with Crippen LogP contribution in [0.25, 0.3) is 17.2 Å². The molecule has 0 fully saturated rings. The van der Waals surface area contributed by atoms with Gasteiger partial charge in [-0.2, -0.15) is 0 Å². The Balaban J connectivity index is 2.47. The fourth-order valence-electron chi connectivity index (χ4n) is 2.15. The lowest BCUT2D eigenvalue weighted by atomic mass is 9.98. The maximum atomic E-state index is 10.0. The van der Waals surface area contributed by atoms with E-state index in [0.717, 1.165) is 16.7 Å². The van der Waals surface area contributed by atoms with Gasteiger partial charge in [0.05, 0.1) is 6.61 Å². The summed E-state index contributed by atoms with van der Waals surface area (Å²) in [6.07, 6.45) is 5.70. The molecular formula is C18H18O3. The third-order valence-electron chi connectivity index (χ3n) is 3.19. The van der Waals surface area contributed by atoms with Crippen LogP contribution in [0, 0.1) is 0 Å². The zero-order valence-electron chi connectivity index (χ0n) is 11.7. The quantitative estimate of drug-likeness (QED) is 0.736. The predicted octanol–water partition coefficient (Wildman–Crippen LogP) is 3.50. The lowest BCUT2D eigenvalue weighted by Crippen LogP contribution is -1.87. The highest BCUT2D eigenvalue weighted by atomic mass is 16.3. The van der Waals surface area contributed by atoms with Gasteiger partial charge in [-0.3, -0.25) is 0 Å². The summed E-state index contributed by atoms with van der Waals surface area (Å²) in [5.41, 5.74) is 3.15. The van der Waals surface area contributed by atoms with Crippen molar-refractivity contribution in [3.63, 3.8) is 0 Å². The normalized spacial score (nSPS) is 10.9. The SMILES string of the molecule is C=CCc1cc(-c2cc(/C=C/CO)ccc2O)ccc1O. The zero-order valence-corrected chi connectivity index (χ0v) is 11.7. The standard InChI is InChI=1S/C18H18O3/c1-2-4-15-12-14(7-9-17(15)20)16-11-13(5-3-10-19)6-8-18(16)21/h2-3,5-9,11-12,19-21H,1,4,10H2/b5-3+. The second-order valence-electron chi connectivity index (χ2n) is 4.70. The predicted molar refractivity (Wildman–Crippen MR) is 85.2 cm³/mol. The summed E-state index contributed by atoms with van der Waals surface area (Å²) in [5.74, 6) is 0.390. The van der Waals surface area contributed by atoms with Gasteiger partial charge in [0.25, 0.3) is 0 Å². The van der Waals surface area contributed by atoms with Crippen LogP contribution in [0.15, 0.2) is 55.1 Å². The second-order valence-corrected chi connectivity index (χ2v) is 4.70. The first-order valence-electron chi connectivity index (χ1n) is 6.69. The minimum atomic E-state index is -0.0289. The number of aromatic hydroxyl groups is 2. The number of benzene rings is 2. The highest BCUT2D eigenvalue weighted by molar-refractivity contribution is 5.74. The molecule has 0 bridgehead atoms. The molecule has 0 aliphatic heterocycles. The molecule has 0 spiro atoms. The van der Waals surface area contributed by atoms with Crippen molar-refractivity contribution >= 4 is 6.08 Å². The number of allylic oxidation sites excluding steroid dienone is 1. The van der Waals surface area contributed by atoms with Gasteiger partial charge in [-0.25, -0.2) is 0 Å². The van der Waals surface area contributed by atoms with Gasteiger partial charge in [0.2, 0.25) is 0 Å². The molecule has 0 saturated carbocycles. The smallest absolute Gasteiger partial charge is 0.123 e. The molecule has 2 rings (SSSR count). The molecular weight excluding hydrogens is 264 g/mol. The average molecular weight is 282 g/mol. The van der Waals surface area contributed by atoms with Gasteiger partial charge >= 0.3 is 0 Å². The molecule has 3 heteroatoms. The molecule has 21 heavy (non-hydrogen) atoms. The van der Waals surface area contributed by atoms with Crippen LogP contribution in [0.4, 0.5) is 0 Å². The Morgan fingerprint density at radius 3 is 2.48 bits per heavy atom. The minimum Gasteiger partial charge on any atom is -0.508 e. The molecule has 0 saturated heterocycles. The summed E-state index contributed by atoms with van der Waals surface area (Å²) in [6, 6.07) is 10.4. The van der Waals surface area contributed by atoms with Gasteiger partial charge in [0.15, 0.2) is 0 Å². The fourth-order valence-corrected chi connectivity index (χ4v) is 2.15. The molecule has 2 aromatic rings. The van der Waals surface area contributed by atoms with E-state index in [1.807, 2.05) is 12.1 Å². The lowest BCUT2D eigenvalue weighted by Gasteiger charge is -2.09. The molecule has 3 nitrogen and oxygen atoms in total. The van der Waals surface area contributed by atoms with Crippen molar-refractivity contribution in [3.05, 3.63) is 66.3 Å². The third-order valence-corrected chi connectivity index (χ3v) is 3.19. The lowest BCUT2D eigenvalue weighted by molar-refractivity contribution is 0.343. The molecule has 0 aliphatic rings. The molecule has 0 radical (unpaired) electrons. The number of phenols is 2. The van der Waals surface area contributed by atoms with Gasteiger partial charge < -0.3 is 15.3 Å². The molecule has 0 unspecified atom stereocenters. The van der Waals surface area contributed by atoms with Crippen LogP contribution < -0.4 is 0 Å². The van der Waals surface area contributed by atoms with Crippen LogP contribution in [-0.4, -0.2) is 21.9 Å².